The first-order chi connectivity index (χ1) is 9.36. The fourth-order valence-electron chi connectivity index (χ4n) is 2.20. The molecule has 2 aromatic heterocycles. The summed E-state index contributed by atoms with van der Waals surface area (Å²) in [5.41, 5.74) is 1.98. The van der Waals surface area contributed by atoms with Crippen molar-refractivity contribution >= 4 is 5.95 Å². The molecule has 0 radical (unpaired) electrons. The summed E-state index contributed by atoms with van der Waals surface area (Å²) in [6.45, 7) is 6.83. The van der Waals surface area contributed by atoms with E-state index in [1.807, 2.05) is 29.3 Å². The van der Waals surface area contributed by atoms with E-state index in [1.165, 1.54) is 0 Å². The summed E-state index contributed by atoms with van der Waals surface area (Å²) >= 11 is 0. The zero-order valence-electron chi connectivity index (χ0n) is 11.1. The Morgan fingerprint density at radius 2 is 2.16 bits per heavy atom. The highest BCUT2D eigenvalue weighted by Gasteiger charge is 2.14. The summed E-state index contributed by atoms with van der Waals surface area (Å²) < 4.78 is 1.90. The van der Waals surface area contributed by atoms with Crippen LogP contribution in [-0.4, -0.2) is 45.9 Å². The second-order valence-corrected chi connectivity index (χ2v) is 4.56. The van der Waals surface area contributed by atoms with Gasteiger partial charge >= 0.3 is 0 Å². The van der Waals surface area contributed by atoms with Crippen LogP contribution in [0.5, 0.6) is 0 Å². The average molecular weight is 258 g/mol. The molecule has 1 N–H and O–H groups in total. The first-order valence-electron chi connectivity index (χ1n) is 6.68. The molecule has 6 nitrogen and oxygen atoms in total. The predicted octanol–water partition coefficient (Wildman–Crippen LogP) is 0.770. The summed E-state index contributed by atoms with van der Waals surface area (Å²) in [4.78, 5) is 11.2. The second kappa shape index (κ2) is 5.36. The van der Waals surface area contributed by atoms with Gasteiger partial charge in [-0.1, -0.05) is 0 Å². The van der Waals surface area contributed by atoms with Crippen LogP contribution in [0.15, 0.2) is 24.7 Å². The maximum Gasteiger partial charge on any atom is 0.225 e. The normalized spacial score (nSPS) is 15.7. The van der Waals surface area contributed by atoms with Gasteiger partial charge in [-0.05, 0) is 13.0 Å². The second-order valence-electron chi connectivity index (χ2n) is 4.56. The van der Waals surface area contributed by atoms with Gasteiger partial charge in [0.15, 0.2) is 0 Å². The molecule has 0 bridgehead atoms. The Morgan fingerprint density at radius 1 is 1.32 bits per heavy atom. The average Bonchev–Trinajstić information content (AvgIpc) is 2.97. The largest absolute Gasteiger partial charge is 0.338 e. The van der Waals surface area contributed by atoms with Gasteiger partial charge in [-0.15, -0.1) is 0 Å². The molecule has 1 fully saturated rings. The Bertz CT molecular complexity index is 544. The van der Waals surface area contributed by atoms with E-state index in [-0.39, 0.29) is 0 Å². The molecule has 100 valence electrons. The number of rotatable bonds is 3. The van der Waals surface area contributed by atoms with Crippen molar-refractivity contribution in [2.45, 2.75) is 13.5 Å². The van der Waals surface area contributed by atoms with E-state index >= 15 is 0 Å². The lowest BCUT2D eigenvalue weighted by Crippen LogP contribution is -2.44. The number of piperazine rings is 1. The molecule has 2 aromatic rings. The Hall–Kier alpha value is -1.95. The maximum atomic E-state index is 4.65. The summed E-state index contributed by atoms with van der Waals surface area (Å²) in [5, 5.41) is 7.62. The third kappa shape index (κ3) is 2.58. The van der Waals surface area contributed by atoms with Crippen LogP contribution in [0.2, 0.25) is 0 Å². The molecule has 0 aliphatic carbocycles. The topological polar surface area (TPSA) is 58.9 Å². The molecular formula is C13H18N6. The third-order valence-electron chi connectivity index (χ3n) is 3.30. The maximum absolute atomic E-state index is 4.65. The van der Waals surface area contributed by atoms with Crippen molar-refractivity contribution in [1.29, 1.82) is 0 Å². The molecule has 0 unspecified atom stereocenters. The molecule has 0 atom stereocenters. The smallest absolute Gasteiger partial charge is 0.225 e. The molecular weight excluding hydrogens is 240 g/mol. The predicted molar refractivity (Wildman–Crippen MR) is 74.0 cm³/mol. The highest BCUT2D eigenvalue weighted by atomic mass is 15.3. The molecule has 3 rings (SSSR count). The SMILES string of the molecule is CCn1cc(-c2ccnc(N3CCNCC3)n2)cn1. The Kier molecular flexibility index (Phi) is 3.41. The molecule has 1 aliphatic heterocycles. The molecule has 0 aromatic carbocycles. The number of hydrogen-bond acceptors (Lipinski definition) is 5. The van der Waals surface area contributed by atoms with Crippen molar-refractivity contribution in [2.24, 2.45) is 0 Å². The summed E-state index contributed by atoms with van der Waals surface area (Å²) in [6, 6.07) is 1.93. The van der Waals surface area contributed by atoms with Crippen molar-refractivity contribution in [3.63, 3.8) is 0 Å². The van der Waals surface area contributed by atoms with Crippen LogP contribution in [0.4, 0.5) is 5.95 Å². The van der Waals surface area contributed by atoms with E-state index in [9.17, 15) is 0 Å². The molecule has 19 heavy (non-hydrogen) atoms. The Balaban J connectivity index is 1.86. The summed E-state index contributed by atoms with van der Waals surface area (Å²) in [5.74, 6) is 0.809. The van der Waals surface area contributed by atoms with Gasteiger partial charge in [0.25, 0.3) is 0 Å². The number of anilines is 1. The third-order valence-corrected chi connectivity index (χ3v) is 3.30. The quantitative estimate of drug-likeness (QED) is 0.881. The highest BCUT2D eigenvalue weighted by molar-refractivity contribution is 5.58. The van der Waals surface area contributed by atoms with Crippen molar-refractivity contribution in [3.05, 3.63) is 24.7 Å². The monoisotopic (exact) mass is 258 g/mol. The Morgan fingerprint density at radius 3 is 2.89 bits per heavy atom. The van der Waals surface area contributed by atoms with Gasteiger partial charge in [-0.2, -0.15) is 5.10 Å². The minimum atomic E-state index is 0.809. The van der Waals surface area contributed by atoms with Crippen LogP contribution in [0.1, 0.15) is 6.92 Å². The zero-order chi connectivity index (χ0) is 13.1. The van der Waals surface area contributed by atoms with E-state index in [0.717, 1.165) is 49.9 Å². The van der Waals surface area contributed by atoms with Gasteiger partial charge < -0.3 is 10.2 Å². The molecule has 3 heterocycles. The van der Waals surface area contributed by atoms with E-state index < -0.39 is 0 Å². The molecule has 0 spiro atoms. The highest BCUT2D eigenvalue weighted by Crippen LogP contribution is 2.18. The van der Waals surface area contributed by atoms with Crippen LogP contribution in [-0.2, 0) is 6.54 Å². The lowest BCUT2D eigenvalue weighted by molar-refractivity contribution is 0.580. The van der Waals surface area contributed by atoms with Gasteiger partial charge in [0, 0.05) is 50.7 Å². The molecule has 1 saturated heterocycles. The lowest BCUT2D eigenvalue weighted by atomic mass is 10.2. The molecule has 6 heteroatoms. The van der Waals surface area contributed by atoms with Crippen LogP contribution in [0.3, 0.4) is 0 Å². The van der Waals surface area contributed by atoms with Crippen LogP contribution in [0.25, 0.3) is 11.3 Å². The van der Waals surface area contributed by atoms with E-state index in [4.69, 9.17) is 0 Å². The Labute approximate surface area is 112 Å². The zero-order valence-corrected chi connectivity index (χ0v) is 11.1. The van der Waals surface area contributed by atoms with E-state index in [0.29, 0.717) is 0 Å². The number of nitrogens with zero attached hydrogens (tertiary/aromatic N) is 5. The molecule has 0 saturated carbocycles. The lowest BCUT2D eigenvalue weighted by Gasteiger charge is -2.27. The van der Waals surface area contributed by atoms with Crippen molar-refractivity contribution in [2.75, 3.05) is 31.1 Å². The van der Waals surface area contributed by atoms with E-state index in [2.05, 4.69) is 32.2 Å². The first kappa shape index (κ1) is 12.1. The molecule has 1 aliphatic rings. The van der Waals surface area contributed by atoms with E-state index in [1.54, 1.807) is 0 Å². The summed E-state index contributed by atoms with van der Waals surface area (Å²) in [7, 11) is 0. The van der Waals surface area contributed by atoms with Gasteiger partial charge in [0.1, 0.15) is 0 Å². The van der Waals surface area contributed by atoms with Gasteiger partial charge in [-0.3, -0.25) is 4.68 Å². The van der Waals surface area contributed by atoms with Crippen LogP contribution >= 0.6 is 0 Å². The number of nitrogens with one attached hydrogen (secondary N) is 1. The van der Waals surface area contributed by atoms with Crippen molar-refractivity contribution in [1.82, 2.24) is 25.1 Å². The fraction of sp³-hybridized carbons (Fsp3) is 0.462. The van der Waals surface area contributed by atoms with Crippen LogP contribution < -0.4 is 10.2 Å². The van der Waals surface area contributed by atoms with Crippen molar-refractivity contribution in [3.8, 4) is 11.3 Å². The number of aromatic nitrogens is 4. The van der Waals surface area contributed by atoms with Gasteiger partial charge in [-0.25, -0.2) is 9.97 Å². The van der Waals surface area contributed by atoms with Crippen LogP contribution in [0, 0.1) is 0 Å². The molecule has 0 amide bonds. The van der Waals surface area contributed by atoms with Gasteiger partial charge in [0.05, 0.1) is 11.9 Å². The minimum absolute atomic E-state index is 0.809. The number of hydrogen-bond donors (Lipinski definition) is 1. The first-order valence-corrected chi connectivity index (χ1v) is 6.68. The summed E-state index contributed by atoms with van der Waals surface area (Å²) in [6.07, 6.45) is 5.69. The fourth-order valence-corrected chi connectivity index (χ4v) is 2.20. The standard InChI is InChI=1S/C13H18N6/c1-2-19-10-11(9-16-19)12-3-4-15-13(17-12)18-7-5-14-6-8-18/h3-4,9-10,14H,2,5-8H2,1H3. The van der Waals surface area contributed by atoms with Crippen molar-refractivity contribution < 1.29 is 0 Å². The minimum Gasteiger partial charge on any atom is -0.338 e. The number of aryl methyl sites for hydroxylation is 1. The van der Waals surface area contributed by atoms with Gasteiger partial charge in [0.2, 0.25) is 5.95 Å².